The number of benzene rings is 1. The molecule has 1 aliphatic heterocycles. The van der Waals surface area contributed by atoms with Gasteiger partial charge in [0.05, 0.1) is 10.8 Å². The number of likely N-dealkylation sites (tertiary alicyclic amines) is 1. The second-order valence-electron chi connectivity index (χ2n) is 6.05. The standard InChI is InChI=1S/C19H18N4O2S/c24-17(23-10-4-5-11-23)13-26-16-12-15(8-9-20-16)19-21-18(22-25-19)14-6-2-1-3-7-14/h1-3,6-9,12H,4-5,10-11,13H2. The van der Waals surface area contributed by atoms with Gasteiger partial charge in [0.1, 0.15) is 0 Å². The fourth-order valence-electron chi connectivity index (χ4n) is 2.86. The maximum Gasteiger partial charge on any atom is 0.258 e. The molecule has 0 saturated carbocycles. The third-order valence-electron chi connectivity index (χ3n) is 4.24. The SMILES string of the molecule is O=C(CSc1cc(-c2nc(-c3ccccc3)no2)ccn1)N1CCCC1. The van der Waals surface area contributed by atoms with Crippen LogP contribution in [-0.4, -0.2) is 44.8 Å². The molecule has 132 valence electrons. The fourth-order valence-corrected chi connectivity index (χ4v) is 3.66. The number of amides is 1. The van der Waals surface area contributed by atoms with E-state index in [1.807, 2.05) is 47.4 Å². The Morgan fingerprint density at radius 1 is 1.12 bits per heavy atom. The Morgan fingerprint density at radius 3 is 2.73 bits per heavy atom. The van der Waals surface area contributed by atoms with Gasteiger partial charge < -0.3 is 9.42 Å². The zero-order valence-corrected chi connectivity index (χ0v) is 15.0. The summed E-state index contributed by atoms with van der Waals surface area (Å²) < 4.78 is 5.39. The number of carbonyl (C=O) groups excluding carboxylic acids is 1. The molecule has 0 aliphatic carbocycles. The number of nitrogens with zero attached hydrogens (tertiary/aromatic N) is 4. The number of thioether (sulfide) groups is 1. The number of hydrogen-bond donors (Lipinski definition) is 0. The average molecular weight is 366 g/mol. The van der Waals surface area contributed by atoms with Gasteiger partial charge in [0, 0.05) is 30.4 Å². The Balaban J connectivity index is 1.46. The quantitative estimate of drug-likeness (QED) is 0.644. The van der Waals surface area contributed by atoms with Crippen molar-refractivity contribution in [1.82, 2.24) is 20.0 Å². The van der Waals surface area contributed by atoms with Crippen LogP contribution in [0.4, 0.5) is 0 Å². The van der Waals surface area contributed by atoms with E-state index in [1.54, 1.807) is 6.20 Å². The monoisotopic (exact) mass is 366 g/mol. The van der Waals surface area contributed by atoms with E-state index in [4.69, 9.17) is 4.52 Å². The molecule has 0 spiro atoms. The first-order valence-corrected chi connectivity index (χ1v) is 9.54. The molecule has 3 heterocycles. The summed E-state index contributed by atoms with van der Waals surface area (Å²) in [5, 5.41) is 4.82. The largest absolute Gasteiger partial charge is 0.342 e. The second-order valence-corrected chi connectivity index (χ2v) is 7.04. The van der Waals surface area contributed by atoms with Gasteiger partial charge in [0.2, 0.25) is 11.7 Å². The van der Waals surface area contributed by atoms with Crippen LogP contribution >= 0.6 is 11.8 Å². The van der Waals surface area contributed by atoms with Crippen molar-refractivity contribution in [2.75, 3.05) is 18.8 Å². The highest BCUT2D eigenvalue weighted by Crippen LogP contribution is 2.25. The summed E-state index contributed by atoms with van der Waals surface area (Å²) in [6, 6.07) is 13.4. The van der Waals surface area contributed by atoms with E-state index in [9.17, 15) is 4.79 Å². The minimum absolute atomic E-state index is 0.170. The van der Waals surface area contributed by atoms with Crippen LogP contribution < -0.4 is 0 Å². The van der Waals surface area contributed by atoms with E-state index < -0.39 is 0 Å². The van der Waals surface area contributed by atoms with Crippen molar-refractivity contribution in [1.29, 1.82) is 0 Å². The van der Waals surface area contributed by atoms with E-state index in [-0.39, 0.29) is 5.91 Å². The molecule has 4 rings (SSSR count). The topological polar surface area (TPSA) is 72.1 Å². The predicted octanol–water partition coefficient (Wildman–Crippen LogP) is 3.51. The highest BCUT2D eigenvalue weighted by molar-refractivity contribution is 7.99. The maximum absolute atomic E-state index is 12.2. The van der Waals surface area contributed by atoms with Gasteiger partial charge in [-0.2, -0.15) is 4.98 Å². The summed E-state index contributed by atoms with van der Waals surface area (Å²) >= 11 is 1.44. The van der Waals surface area contributed by atoms with Gasteiger partial charge in [-0.15, -0.1) is 0 Å². The molecule has 0 N–H and O–H groups in total. The lowest BCUT2D eigenvalue weighted by Gasteiger charge is -2.14. The Kier molecular flexibility index (Phi) is 4.97. The smallest absolute Gasteiger partial charge is 0.258 e. The number of rotatable bonds is 5. The molecule has 1 fully saturated rings. The summed E-state index contributed by atoms with van der Waals surface area (Å²) in [6.07, 6.45) is 3.90. The van der Waals surface area contributed by atoms with Crippen LogP contribution in [0, 0.1) is 0 Å². The molecule has 3 aromatic rings. The Morgan fingerprint density at radius 2 is 1.92 bits per heavy atom. The van der Waals surface area contributed by atoms with Gasteiger partial charge in [-0.05, 0) is 25.0 Å². The third-order valence-corrected chi connectivity index (χ3v) is 5.15. The van der Waals surface area contributed by atoms with Crippen molar-refractivity contribution in [2.45, 2.75) is 17.9 Å². The highest BCUT2D eigenvalue weighted by atomic mass is 32.2. The van der Waals surface area contributed by atoms with Crippen molar-refractivity contribution in [3.05, 3.63) is 48.7 Å². The molecule has 0 unspecified atom stereocenters. The minimum atomic E-state index is 0.170. The van der Waals surface area contributed by atoms with Gasteiger partial charge in [-0.1, -0.05) is 47.3 Å². The molecule has 7 heteroatoms. The van der Waals surface area contributed by atoms with Crippen LogP contribution in [0.1, 0.15) is 12.8 Å². The fraction of sp³-hybridized carbons (Fsp3) is 0.263. The zero-order chi connectivity index (χ0) is 17.8. The predicted molar refractivity (Wildman–Crippen MR) is 99.5 cm³/mol. The summed E-state index contributed by atoms with van der Waals surface area (Å²) in [7, 11) is 0. The van der Waals surface area contributed by atoms with E-state index >= 15 is 0 Å². The lowest BCUT2D eigenvalue weighted by molar-refractivity contribution is -0.127. The average Bonchev–Trinajstić information content (AvgIpc) is 3.39. The number of pyridine rings is 1. The summed E-state index contributed by atoms with van der Waals surface area (Å²) in [5.41, 5.74) is 1.70. The number of aromatic nitrogens is 3. The van der Waals surface area contributed by atoms with Gasteiger partial charge in [0.25, 0.3) is 5.89 Å². The van der Waals surface area contributed by atoms with Gasteiger partial charge in [-0.25, -0.2) is 4.98 Å². The van der Waals surface area contributed by atoms with E-state index in [2.05, 4.69) is 15.1 Å². The van der Waals surface area contributed by atoms with Crippen LogP contribution in [0.3, 0.4) is 0 Å². The van der Waals surface area contributed by atoms with Crippen molar-refractivity contribution < 1.29 is 9.32 Å². The molecule has 1 saturated heterocycles. The maximum atomic E-state index is 12.2. The zero-order valence-electron chi connectivity index (χ0n) is 14.2. The Hall–Kier alpha value is -2.67. The van der Waals surface area contributed by atoms with E-state index in [1.165, 1.54) is 11.8 Å². The van der Waals surface area contributed by atoms with Crippen LogP contribution in [0.5, 0.6) is 0 Å². The highest BCUT2D eigenvalue weighted by Gasteiger charge is 2.18. The van der Waals surface area contributed by atoms with Crippen molar-refractivity contribution in [3.8, 4) is 22.8 Å². The van der Waals surface area contributed by atoms with Crippen LogP contribution in [0.15, 0.2) is 58.2 Å². The molecule has 6 nitrogen and oxygen atoms in total. The summed E-state index contributed by atoms with van der Waals surface area (Å²) in [4.78, 5) is 22.9. The molecule has 0 bridgehead atoms. The molecule has 0 atom stereocenters. The normalized spacial score (nSPS) is 13.9. The van der Waals surface area contributed by atoms with Crippen LogP contribution in [-0.2, 0) is 4.79 Å². The van der Waals surface area contributed by atoms with Crippen molar-refractivity contribution in [2.24, 2.45) is 0 Å². The second kappa shape index (κ2) is 7.70. The van der Waals surface area contributed by atoms with Gasteiger partial charge in [0.15, 0.2) is 0 Å². The molecular formula is C19H18N4O2S. The molecule has 26 heavy (non-hydrogen) atoms. The Bertz CT molecular complexity index is 891. The summed E-state index contributed by atoms with van der Waals surface area (Å²) in [6.45, 7) is 1.74. The molecule has 1 aliphatic rings. The summed E-state index contributed by atoms with van der Waals surface area (Å²) in [5.74, 6) is 1.56. The lowest BCUT2D eigenvalue weighted by atomic mass is 10.2. The number of hydrogen-bond acceptors (Lipinski definition) is 6. The van der Waals surface area contributed by atoms with Crippen LogP contribution in [0.2, 0.25) is 0 Å². The number of carbonyl (C=O) groups is 1. The third kappa shape index (κ3) is 3.77. The van der Waals surface area contributed by atoms with E-state index in [0.29, 0.717) is 17.5 Å². The molecule has 1 aromatic carbocycles. The molecule has 2 aromatic heterocycles. The van der Waals surface area contributed by atoms with Gasteiger partial charge >= 0.3 is 0 Å². The Labute approximate surface area is 155 Å². The lowest BCUT2D eigenvalue weighted by Crippen LogP contribution is -2.29. The minimum Gasteiger partial charge on any atom is -0.342 e. The van der Waals surface area contributed by atoms with E-state index in [0.717, 1.165) is 42.1 Å². The first kappa shape index (κ1) is 16.8. The van der Waals surface area contributed by atoms with Gasteiger partial charge in [-0.3, -0.25) is 4.79 Å². The first-order valence-electron chi connectivity index (χ1n) is 8.56. The molecule has 0 radical (unpaired) electrons. The van der Waals surface area contributed by atoms with Crippen molar-refractivity contribution in [3.63, 3.8) is 0 Å². The van der Waals surface area contributed by atoms with Crippen molar-refractivity contribution >= 4 is 17.7 Å². The molecular weight excluding hydrogens is 348 g/mol. The molecule has 1 amide bonds. The first-order chi connectivity index (χ1) is 12.8. The van der Waals surface area contributed by atoms with Crippen LogP contribution in [0.25, 0.3) is 22.8 Å².